The van der Waals surface area contributed by atoms with Crippen molar-refractivity contribution in [2.75, 3.05) is 38.0 Å². The smallest absolute Gasteiger partial charge is 0.279 e. The van der Waals surface area contributed by atoms with Gasteiger partial charge in [-0.05, 0) is 42.5 Å². The third-order valence-electron chi connectivity index (χ3n) is 4.57. The Balaban J connectivity index is 1.54. The van der Waals surface area contributed by atoms with Crippen molar-refractivity contribution in [1.29, 1.82) is 5.26 Å². The molecule has 3 rings (SSSR count). The number of nitrogens with one attached hydrogen (secondary N) is 2. The molecule has 0 radical (unpaired) electrons. The van der Waals surface area contributed by atoms with Crippen LogP contribution in [0.15, 0.2) is 53.4 Å². The molecule has 1 amide bonds. The molecule has 2 aromatic carbocycles. The topological polar surface area (TPSA) is 94.7 Å². The molecule has 0 bridgehead atoms. The van der Waals surface area contributed by atoms with Gasteiger partial charge in [-0.25, -0.2) is 8.42 Å². The highest BCUT2D eigenvalue weighted by Gasteiger charge is 2.31. The van der Waals surface area contributed by atoms with Crippen molar-refractivity contribution in [3.63, 3.8) is 0 Å². The van der Waals surface area contributed by atoms with Crippen molar-refractivity contribution in [3.8, 4) is 6.07 Å². The molecule has 0 unspecified atom stereocenters. The Labute approximate surface area is 169 Å². The van der Waals surface area contributed by atoms with Crippen LogP contribution in [-0.2, 0) is 14.8 Å². The molecule has 1 aliphatic heterocycles. The first-order valence-electron chi connectivity index (χ1n) is 8.78. The Morgan fingerprint density at radius 1 is 1.18 bits per heavy atom. The molecule has 0 saturated carbocycles. The predicted molar refractivity (Wildman–Crippen MR) is 106 cm³/mol. The Kier molecular flexibility index (Phi) is 6.31. The molecule has 2 aromatic rings. The lowest BCUT2D eigenvalue weighted by Crippen LogP contribution is -3.15. The van der Waals surface area contributed by atoms with Crippen molar-refractivity contribution >= 4 is 33.2 Å². The van der Waals surface area contributed by atoms with Gasteiger partial charge in [-0.3, -0.25) is 4.79 Å². The molecule has 28 heavy (non-hydrogen) atoms. The highest BCUT2D eigenvalue weighted by molar-refractivity contribution is 7.89. The maximum Gasteiger partial charge on any atom is 0.279 e. The fourth-order valence-electron chi connectivity index (χ4n) is 3.07. The van der Waals surface area contributed by atoms with E-state index >= 15 is 0 Å². The van der Waals surface area contributed by atoms with E-state index in [1.165, 1.54) is 16.4 Å². The van der Waals surface area contributed by atoms with Gasteiger partial charge in [0.05, 0.1) is 42.7 Å². The summed E-state index contributed by atoms with van der Waals surface area (Å²) in [4.78, 5) is 13.5. The van der Waals surface area contributed by atoms with Crippen molar-refractivity contribution in [2.45, 2.75) is 4.90 Å². The number of halogens is 1. The number of nitriles is 1. The molecular weight excluding hydrogens is 400 g/mol. The number of benzene rings is 2. The molecule has 0 aromatic heterocycles. The van der Waals surface area contributed by atoms with E-state index in [4.69, 9.17) is 16.9 Å². The number of piperazine rings is 1. The molecule has 1 fully saturated rings. The van der Waals surface area contributed by atoms with E-state index in [0.717, 1.165) is 4.90 Å². The van der Waals surface area contributed by atoms with Gasteiger partial charge in [-0.2, -0.15) is 9.57 Å². The fraction of sp³-hybridized carbons (Fsp3) is 0.263. The summed E-state index contributed by atoms with van der Waals surface area (Å²) in [5.74, 6) is -0.168. The van der Waals surface area contributed by atoms with E-state index in [1.807, 2.05) is 6.07 Å². The number of sulfonamides is 1. The van der Waals surface area contributed by atoms with Crippen LogP contribution in [0.2, 0.25) is 5.02 Å². The molecule has 2 N–H and O–H groups in total. The van der Waals surface area contributed by atoms with Crippen LogP contribution in [0, 0.1) is 11.3 Å². The monoisotopic (exact) mass is 419 g/mol. The zero-order chi connectivity index (χ0) is 20.1. The van der Waals surface area contributed by atoms with Gasteiger partial charge in [0.25, 0.3) is 5.91 Å². The van der Waals surface area contributed by atoms with Crippen LogP contribution >= 0.6 is 11.6 Å². The molecule has 1 aliphatic rings. The third-order valence-corrected chi connectivity index (χ3v) is 6.73. The molecule has 7 nitrogen and oxygen atoms in total. The number of quaternary nitrogens is 1. The minimum absolute atomic E-state index is 0.168. The van der Waals surface area contributed by atoms with E-state index in [-0.39, 0.29) is 17.3 Å². The SMILES string of the molecule is N#Cc1cccc(NC(=O)C[NH+]2CCN(S(=O)(=O)c3ccc(Cl)cc3)CC2)c1. The lowest BCUT2D eigenvalue weighted by Gasteiger charge is -2.31. The summed E-state index contributed by atoms with van der Waals surface area (Å²) in [7, 11) is -3.56. The molecule has 146 valence electrons. The van der Waals surface area contributed by atoms with Crippen LogP contribution in [-0.4, -0.2) is 51.4 Å². The summed E-state index contributed by atoms with van der Waals surface area (Å²) in [6.07, 6.45) is 0. The zero-order valence-electron chi connectivity index (χ0n) is 15.1. The molecule has 9 heteroatoms. The molecule has 1 saturated heterocycles. The summed E-state index contributed by atoms with van der Waals surface area (Å²) in [6.45, 7) is 2.01. The number of carbonyl (C=O) groups excluding carboxylic acids is 1. The summed E-state index contributed by atoms with van der Waals surface area (Å²) in [6, 6.07) is 14.9. The highest BCUT2D eigenvalue weighted by Crippen LogP contribution is 2.18. The van der Waals surface area contributed by atoms with Gasteiger partial charge in [0.15, 0.2) is 6.54 Å². The van der Waals surface area contributed by atoms with E-state index < -0.39 is 10.0 Å². The van der Waals surface area contributed by atoms with Crippen molar-refractivity contribution in [3.05, 3.63) is 59.1 Å². The average Bonchev–Trinajstić information content (AvgIpc) is 2.69. The molecule has 0 spiro atoms. The number of rotatable bonds is 5. The Morgan fingerprint density at radius 2 is 1.86 bits per heavy atom. The van der Waals surface area contributed by atoms with E-state index in [9.17, 15) is 13.2 Å². The van der Waals surface area contributed by atoms with Gasteiger partial charge in [0.2, 0.25) is 10.0 Å². The zero-order valence-corrected chi connectivity index (χ0v) is 16.6. The van der Waals surface area contributed by atoms with Crippen LogP contribution in [0.3, 0.4) is 0 Å². The first-order chi connectivity index (χ1) is 13.4. The van der Waals surface area contributed by atoms with Gasteiger partial charge >= 0.3 is 0 Å². The van der Waals surface area contributed by atoms with E-state index in [1.54, 1.807) is 36.4 Å². The van der Waals surface area contributed by atoms with Crippen LogP contribution in [0.1, 0.15) is 5.56 Å². The van der Waals surface area contributed by atoms with Gasteiger partial charge < -0.3 is 10.2 Å². The molecule has 1 heterocycles. The van der Waals surface area contributed by atoms with Crippen LogP contribution in [0.25, 0.3) is 0 Å². The normalized spacial score (nSPS) is 15.7. The van der Waals surface area contributed by atoms with Crippen molar-refractivity contribution in [1.82, 2.24) is 4.31 Å². The highest BCUT2D eigenvalue weighted by atomic mass is 35.5. The van der Waals surface area contributed by atoms with Crippen molar-refractivity contribution < 1.29 is 18.1 Å². The Hall–Kier alpha value is -2.44. The molecule has 0 atom stereocenters. The summed E-state index contributed by atoms with van der Waals surface area (Å²) < 4.78 is 26.8. The number of nitrogens with zero attached hydrogens (tertiary/aromatic N) is 2. The lowest BCUT2D eigenvalue weighted by molar-refractivity contribution is -0.895. The quantitative estimate of drug-likeness (QED) is 0.747. The predicted octanol–water partition coefficient (Wildman–Crippen LogP) is 0.740. The standard InChI is InChI=1S/C19H19ClN4O3S/c20-16-4-6-18(7-5-16)28(26,27)24-10-8-23(9-11-24)14-19(25)22-17-3-1-2-15(12-17)13-21/h1-7,12H,8-11,14H2,(H,22,25)/p+1. The van der Waals surface area contributed by atoms with Gasteiger partial charge in [0.1, 0.15) is 0 Å². The minimum atomic E-state index is -3.56. The van der Waals surface area contributed by atoms with Gasteiger partial charge in [-0.1, -0.05) is 17.7 Å². The third kappa shape index (κ3) is 4.88. The summed E-state index contributed by atoms with van der Waals surface area (Å²) in [5.41, 5.74) is 1.05. The van der Waals surface area contributed by atoms with Crippen molar-refractivity contribution in [2.24, 2.45) is 0 Å². The number of anilines is 1. The second kappa shape index (κ2) is 8.71. The second-order valence-corrected chi connectivity index (χ2v) is 8.90. The second-order valence-electron chi connectivity index (χ2n) is 6.53. The van der Waals surface area contributed by atoms with Gasteiger partial charge in [0, 0.05) is 10.7 Å². The average molecular weight is 420 g/mol. The number of amides is 1. The maximum atomic E-state index is 12.7. The van der Waals surface area contributed by atoms with Crippen LogP contribution < -0.4 is 10.2 Å². The largest absolute Gasteiger partial charge is 0.325 e. The lowest BCUT2D eigenvalue weighted by atomic mass is 10.2. The number of hydrogen-bond donors (Lipinski definition) is 2. The van der Waals surface area contributed by atoms with Gasteiger partial charge in [-0.15, -0.1) is 0 Å². The first-order valence-corrected chi connectivity index (χ1v) is 10.6. The molecule has 0 aliphatic carbocycles. The number of hydrogen-bond acceptors (Lipinski definition) is 4. The maximum absolute atomic E-state index is 12.7. The van der Waals surface area contributed by atoms with Crippen LogP contribution in [0.5, 0.6) is 0 Å². The number of carbonyl (C=O) groups is 1. The Bertz CT molecular complexity index is 995. The molecular formula is C19H20ClN4O3S+. The minimum Gasteiger partial charge on any atom is -0.325 e. The fourth-order valence-corrected chi connectivity index (χ4v) is 4.64. The van der Waals surface area contributed by atoms with E-state index in [2.05, 4.69) is 5.32 Å². The van der Waals surface area contributed by atoms with Crippen LogP contribution in [0.4, 0.5) is 5.69 Å². The summed E-state index contributed by atoms with van der Waals surface area (Å²) >= 11 is 5.82. The van der Waals surface area contributed by atoms with E-state index in [0.29, 0.717) is 42.5 Å². The summed E-state index contributed by atoms with van der Waals surface area (Å²) in [5, 5.41) is 12.2. The first kappa shape index (κ1) is 20.3. The Morgan fingerprint density at radius 3 is 2.50 bits per heavy atom.